The van der Waals surface area contributed by atoms with Gasteiger partial charge in [0.1, 0.15) is 0 Å². The average Bonchev–Trinajstić information content (AvgIpc) is 1.96. The van der Waals surface area contributed by atoms with Crippen molar-refractivity contribution in [1.82, 2.24) is 5.32 Å². The number of nitrogens with one attached hydrogen (secondary N) is 1. The maximum Gasteiger partial charge on any atom is 0.0404 e. The van der Waals surface area contributed by atoms with Gasteiger partial charge in [-0.05, 0) is 13.8 Å². The van der Waals surface area contributed by atoms with Crippen molar-refractivity contribution in [2.24, 2.45) is 0 Å². The summed E-state index contributed by atoms with van der Waals surface area (Å²) < 4.78 is 0. The molecule has 0 fully saturated rings. The molecule has 0 radical (unpaired) electrons. The first-order valence-corrected chi connectivity index (χ1v) is 4.36. The van der Waals surface area contributed by atoms with Gasteiger partial charge in [0.15, 0.2) is 0 Å². The first-order valence-electron chi connectivity index (χ1n) is 3.82. The minimum absolute atomic E-state index is 0.602. The lowest BCUT2D eigenvalue weighted by Gasteiger charge is -1.95. The Bertz CT molecular complexity index is 134. The topological polar surface area (TPSA) is 12.0 Å². The smallest absolute Gasteiger partial charge is 0.0404 e. The summed E-state index contributed by atoms with van der Waals surface area (Å²) in [5.74, 6) is 0.602. The maximum absolute atomic E-state index is 5.44. The summed E-state index contributed by atoms with van der Waals surface area (Å²) in [6.45, 7) is 6.03. The summed E-state index contributed by atoms with van der Waals surface area (Å²) in [6, 6.07) is 0. The molecule has 0 aromatic carbocycles. The molecule has 0 aliphatic rings. The molecule has 1 nitrogen and oxygen atoms in total. The molecular formula is C9H16ClN. The standard InChI is InChI=1S/C9H16ClN/c1-9(2)5-8-11-7-4-3-6-10/h3-5,11H,6-8H2,1-2H3/b4-3+. The Morgan fingerprint density at radius 3 is 2.55 bits per heavy atom. The fraction of sp³-hybridized carbons (Fsp3) is 0.556. The van der Waals surface area contributed by atoms with E-state index in [-0.39, 0.29) is 0 Å². The number of halogens is 1. The van der Waals surface area contributed by atoms with Crippen LogP contribution in [0.1, 0.15) is 13.8 Å². The van der Waals surface area contributed by atoms with Gasteiger partial charge in [0.2, 0.25) is 0 Å². The van der Waals surface area contributed by atoms with Crippen molar-refractivity contribution < 1.29 is 0 Å². The van der Waals surface area contributed by atoms with E-state index >= 15 is 0 Å². The van der Waals surface area contributed by atoms with Gasteiger partial charge < -0.3 is 5.32 Å². The van der Waals surface area contributed by atoms with Crippen molar-refractivity contribution >= 4 is 11.6 Å². The van der Waals surface area contributed by atoms with Gasteiger partial charge in [-0.15, -0.1) is 11.6 Å². The van der Waals surface area contributed by atoms with E-state index < -0.39 is 0 Å². The summed E-state index contributed by atoms with van der Waals surface area (Å²) in [5, 5.41) is 3.23. The Balaban J connectivity index is 3.15. The van der Waals surface area contributed by atoms with E-state index in [1.165, 1.54) is 5.57 Å². The van der Waals surface area contributed by atoms with Gasteiger partial charge in [-0.1, -0.05) is 23.8 Å². The Hall–Kier alpha value is -0.270. The molecule has 2 heteroatoms. The molecule has 0 aromatic rings. The average molecular weight is 174 g/mol. The van der Waals surface area contributed by atoms with Crippen LogP contribution < -0.4 is 5.32 Å². The van der Waals surface area contributed by atoms with Crippen LogP contribution in [-0.2, 0) is 0 Å². The quantitative estimate of drug-likeness (QED) is 0.382. The van der Waals surface area contributed by atoms with Crippen molar-refractivity contribution in [3.63, 3.8) is 0 Å². The maximum atomic E-state index is 5.44. The van der Waals surface area contributed by atoms with E-state index in [1.54, 1.807) is 0 Å². The summed E-state index contributed by atoms with van der Waals surface area (Å²) >= 11 is 5.44. The van der Waals surface area contributed by atoms with Gasteiger partial charge in [-0.25, -0.2) is 0 Å². The number of rotatable bonds is 5. The first kappa shape index (κ1) is 10.7. The van der Waals surface area contributed by atoms with Crippen LogP contribution in [-0.4, -0.2) is 19.0 Å². The molecule has 64 valence electrons. The molecule has 0 aliphatic heterocycles. The Labute approximate surface area is 74.1 Å². The highest BCUT2D eigenvalue weighted by atomic mass is 35.5. The number of alkyl halides is 1. The van der Waals surface area contributed by atoms with Crippen molar-refractivity contribution in [3.8, 4) is 0 Å². The zero-order valence-corrected chi connectivity index (χ0v) is 7.99. The highest BCUT2D eigenvalue weighted by Crippen LogP contribution is 1.85. The summed E-state index contributed by atoms with van der Waals surface area (Å²) in [7, 11) is 0. The molecule has 0 bridgehead atoms. The van der Waals surface area contributed by atoms with E-state index in [9.17, 15) is 0 Å². The van der Waals surface area contributed by atoms with Gasteiger partial charge >= 0.3 is 0 Å². The van der Waals surface area contributed by atoms with Gasteiger partial charge in [-0.3, -0.25) is 0 Å². The predicted molar refractivity (Wildman–Crippen MR) is 52.2 cm³/mol. The minimum Gasteiger partial charge on any atom is -0.310 e. The monoisotopic (exact) mass is 173 g/mol. The molecule has 0 atom stereocenters. The molecule has 0 aromatic heterocycles. The van der Waals surface area contributed by atoms with E-state index in [4.69, 9.17) is 11.6 Å². The third-order valence-corrected chi connectivity index (χ3v) is 1.35. The van der Waals surface area contributed by atoms with Crippen LogP contribution in [0.5, 0.6) is 0 Å². The van der Waals surface area contributed by atoms with Gasteiger partial charge in [0, 0.05) is 19.0 Å². The third kappa shape index (κ3) is 9.73. The van der Waals surface area contributed by atoms with Gasteiger partial charge in [0.05, 0.1) is 0 Å². The van der Waals surface area contributed by atoms with E-state index in [1.807, 2.05) is 12.2 Å². The second kappa shape index (κ2) is 7.83. The molecule has 0 rings (SSSR count). The van der Waals surface area contributed by atoms with Crippen LogP contribution in [0.3, 0.4) is 0 Å². The molecule has 0 spiro atoms. The number of hydrogen-bond donors (Lipinski definition) is 1. The molecular weight excluding hydrogens is 158 g/mol. The SMILES string of the molecule is CC(C)=CCNC/C=C/CCl. The van der Waals surface area contributed by atoms with Gasteiger partial charge in [0.25, 0.3) is 0 Å². The van der Waals surface area contributed by atoms with Crippen molar-refractivity contribution in [2.45, 2.75) is 13.8 Å². The van der Waals surface area contributed by atoms with Crippen molar-refractivity contribution in [3.05, 3.63) is 23.8 Å². The van der Waals surface area contributed by atoms with Crippen LogP contribution in [0.15, 0.2) is 23.8 Å². The third-order valence-electron chi connectivity index (χ3n) is 1.17. The number of allylic oxidation sites excluding steroid dienone is 2. The molecule has 11 heavy (non-hydrogen) atoms. The van der Waals surface area contributed by atoms with Crippen LogP contribution >= 0.6 is 11.6 Å². The second-order valence-corrected chi connectivity index (χ2v) is 2.87. The van der Waals surface area contributed by atoms with Crippen molar-refractivity contribution in [2.75, 3.05) is 19.0 Å². The summed E-state index contributed by atoms with van der Waals surface area (Å²) in [5.41, 5.74) is 1.35. The van der Waals surface area contributed by atoms with Crippen LogP contribution in [0, 0.1) is 0 Å². The molecule has 0 heterocycles. The zero-order valence-electron chi connectivity index (χ0n) is 7.23. The van der Waals surface area contributed by atoms with E-state index in [0.717, 1.165) is 13.1 Å². The zero-order chi connectivity index (χ0) is 8.53. The largest absolute Gasteiger partial charge is 0.310 e. The van der Waals surface area contributed by atoms with E-state index in [2.05, 4.69) is 25.2 Å². The molecule has 1 N–H and O–H groups in total. The Morgan fingerprint density at radius 2 is 2.00 bits per heavy atom. The summed E-state index contributed by atoms with van der Waals surface area (Å²) in [4.78, 5) is 0. The molecule has 0 aliphatic carbocycles. The van der Waals surface area contributed by atoms with Gasteiger partial charge in [-0.2, -0.15) is 0 Å². The lowest BCUT2D eigenvalue weighted by molar-refractivity contribution is 0.838. The second-order valence-electron chi connectivity index (χ2n) is 2.57. The van der Waals surface area contributed by atoms with Crippen LogP contribution in [0.2, 0.25) is 0 Å². The first-order chi connectivity index (χ1) is 5.27. The molecule has 0 saturated heterocycles. The fourth-order valence-corrected chi connectivity index (χ4v) is 0.715. The minimum atomic E-state index is 0.602. The van der Waals surface area contributed by atoms with Crippen LogP contribution in [0.4, 0.5) is 0 Å². The summed E-state index contributed by atoms with van der Waals surface area (Å²) in [6.07, 6.45) is 6.14. The Kier molecular flexibility index (Phi) is 7.64. The fourth-order valence-electron chi connectivity index (χ4n) is 0.589. The van der Waals surface area contributed by atoms with Crippen LogP contribution in [0.25, 0.3) is 0 Å². The lowest BCUT2D eigenvalue weighted by Crippen LogP contribution is -2.13. The van der Waals surface area contributed by atoms with Crippen molar-refractivity contribution in [1.29, 1.82) is 0 Å². The molecule has 0 amide bonds. The lowest BCUT2D eigenvalue weighted by atomic mass is 10.3. The predicted octanol–water partition coefficient (Wildman–Crippen LogP) is 2.34. The normalized spacial score (nSPS) is 10.5. The molecule has 0 unspecified atom stereocenters. The highest BCUT2D eigenvalue weighted by Gasteiger charge is 1.78. The highest BCUT2D eigenvalue weighted by molar-refractivity contribution is 6.18. The Morgan fingerprint density at radius 1 is 1.27 bits per heavy atom. The number of hydrogen-bond acceptors (Lipinski definition) is 1. The molecule has 0 saturated carbocycles. The van der Waals surface area contributed by atoms with E-state index in [0.29, 0.717) is 5.88 Å².